The molecule has 4 rings (SSSR count). The molecule has 1 saturated heterocycles. The first-order chi connectivity index (χ1) is 13.2. The summed E-state index contributed by atoms with van der Waals surface area (Å²) < 4.78 is 11.2. The van der Waals surface area contributed by atoms with Gasteiger partial charge < -0.3 is 14.6 Å². The van der Waals surface area contributed by atoms with Crippen LogP contribution in [0.4, 0.5) is 0 Å². The number of benzene rings is 3. The van der Waals surface area contributed by atoms with Gasteiger partial charge in [0.1, 0.15) is 18.4 Å². The minimum atomic E-state index is -0.930. The van der Waals surface area contributed by atoms with Crippen molar-refractivity contribution in [2.24, 2.45) is 0 Å². The normalized spacial score (nSPS) is 16.0. The lowest BCUT2D eigenvalue weighted by Gasteiger charge is -2.32. The molecule has 3 aromatic rings. The third-order valence-electron chi connectivity index (χ3n) is 5.17. The van der Waals surface area contributed by atoms with E-state index in [9.17, 15) is 10.4 Å². The third-order valence-corrected chi connectivity index (χ3v) is 5.17. The van der Waals surface area contributed by atoms with Crippen molar-refractivity contribution in [1.82, 2.24) is 0 Å². The minimum Gasteiger partial charge on any atom is -0.488 e. The molecule has 0 aliphatic carbocycles. The van der Waals surface area contributed by atoms with Crippen LogP contribution in [0.5, 0.6) is 5.75 Å². The molecule has 27 heavy (non-hydrogen) atoms. The lowest BCUT2D eigenvalue weighted by Crippen LogP contribution is -2.33. The molecule has 136 valence electrons. The van der Waals surface area contributed by atoms with E-state index in [2.05, 4.69) is 30.3 Å². The Morgan fingerprint density at radius 3 is 2.56 bits per heavy atom. The highest BCUT2D eigenvalue weighted by Crippen LogP contribution is 2.34. The van der Waals surface area contributed by atoms with Gasteiger partial charge in [0.15, 0.2) is 0 Å². The summed E-state index contributed by atoms with van der Waals surface area (Å²) >= 11 is 0. The largest absolute Gasteiger partial charge is 0.488 e. The monoisotopic (exact) mass is 359 g/mol. The zero-order valence-corrected chi connectivity index (χ0v) is 15.0. The molecule has 0 amide bonds. The number of hydrogen-bond acceptors (Lipinski definition) is 4. The number of rotatable bonds is 4. The van der Waals surface area contributed by atoms with Gasteiger partial charge in [-0.2, -0.15) is 5.26 Å². The molecule has 0 radical (unpaired) electrons. The molecule has 1 aliphatic heterocycles. The van der Waals surface area contributed by atoms with E-state index in [0.717, 1.165) is 16.5 Å². The van der Waals surface area contributed by atoms with Gasteiger partial charge in [0.25, 0.3) is 0 Å². The van der Waals surface area contributed by atoms with E-state index >= 15 is 0 Å². The van der Waals surface area contributed by atoms with Gasteiger partial charge in [-0.1, -0.05) is 42.5 Å². The predicted molar refractivity (Wildman–Crippen MR) is 103 cm³/mol. The van der Waals surface area contributed by atoms with Gasteiger partial charge >= 0.3 is 0 Å². The van der Waals surface area contributed by atoms with Crippen LogP contribution in [-0.4, -0.2) is 18.3 Å². The van der Waals surface area contributed by atoms with Crippen LogP contribution in [0.3, 0.4) is 0 Å². The molecule has 0 aromatic heterocycles. The summed E-state index contributed by atoms with van der Waals surface area (Å²) in [6, 6.07) is 21.9. The molecule has 0 bridgehead atoms. The molecule has 1 N–H and O–H groups in total. The molecule has 4 nitrogen and oxygen atoms in total. The van der Waals surface area contributed by atoms with Crippen LogP contribution < -0.4 is 4.74 Å². The van der Waals surface area contributed by atoms with E-state index in [1.807, 2.05) is 24.3 Å². The zero-order valence-electron chi connectivity index (χ0n) is 15.0. The number of aliphatic hydroxyl groups is 1. The second-order valence-corrected chi connectivity index (χ2v) is 6.94. The molecule has 1 fully saturated rings. The van der Waals surface area contributed by atoms with E-state index in [-0.39, 0.29) is 0 Å². The van der Waals surface area contributed by atoms with Crippen molar-refractivity contribution in [2.75, 3.05) is 13.2 Å². The second-order valence-electron chi connectivity index (χ2n) is 6.94. The summed E-state index contributed by atoms with van der Waals surface area (Å²) in [6.07, 6.45) is 1.07. The van der Waals surface area contributed by atoms with Crippen molar-refractivity contribution in [3.8, 4) is 11.8 Å². The second kappa shape index (κ2) is 7.40. The Balaban J connectivity index is 1.53. The molecule has 0 unspecified atom stereocenters. The number of hydrogen-bond donors (Lipinski definition) is 1. The maximum absolute atomic E-state index is 10.8. The minimum absolute atomic E-state index is 0.386. The quantitative estimate of drug-likeness (QED) is 0.755. The Labute approximate surface area is 158 Å². The molecule has 1 aliphatic rings. The summed E-state index contributed by atoms with van der Waals surface area (Å²) in [4.78, 5) is 0. The number of ether oxygens (including phenoxy) is 2. The third kappa shape index (κ3) is 3.66. The van der Waals surface area contributed by atoms with E-state index in [0.29, 0.717) is 44.0 Å². The Morgan fingerprint density at radius 1 is 1.00 bits per heavy atom. The van der Waals surface area contributed by atoms with E-state index in [1.54, 1.807) is 12.1 Å². The molecular weight excluding hydrogens is 338 g/mol. The Morgan fingerprint density at radius 2 is 1.78 bits per heavy atom. The zero-order chi connectivity index (χ0) is 18.7. The van der Waals surface area contributed by atoms with Gasteiger partial charge in [-0.25, -0.2) is 0 Å². The molecule has 0 atom stereocenters. The number of nitriles is 1. The summed E-state index contributed by atoms with van der Waals surface area (Å²) in [5.74, 6) is 0.532. The Hall–Kier alpha value is -2.87. The summed E-state index contributed by atoms with van der Waals surface area (Å²) in [7, 11) is 0. The van der Waals surface area contributed by atoms with Gasteiger partial charge in [-0.15, -0.1) is 0 Å². The number of nitrogens with zero attached hydrogens (tertiary/aromatic N) is 1. The molecule has 0 saturated carbocycles. The lowest BCUT2D eigenvalue weighted by atomic mass is 9.85. The van der Waals surface area contributed by atoms with Crippen LogP contribution in [0.2, 0.25) is 0 Å². The van der Waals surface area contributed by atoms with E-state index < -0.39 is 5.60 Å². The lowest BCUT2D eigenvalue weighted by molar-refractivity contribution is -0.0679. The first-order valence-corrected chi connectivity index (χ1v) is 9.13. The smallest absolute Gasteiger partial charge is 0.137 e. The summed E-state index contributed by atoms with van der Waals surface area (Å²) in [6.45, 7) is 1.44. The predicted octanol–water partition coefficient (Wildman–Crippen LogP) is 4.29. The highest BCUT2D eigenvalue weighted by Gasteiger charge is 2.32. The molecule has 3 aromatic carbocycles. The van der Waals surface area contributed by atoms with Gasteiger partial charge in [-0.3, -0.25) is 0 Å². The van der Waals surface area contributed by atoms with Gasteiger partial charge in [-0.05, 0) is 40.1 Å². The van der Waals surface area contributed by atoms with Crippen molar-refractivity contribution >= 4 is 10.8 Å². The van der Waals surface area contributed by atoms with E-state index in [4.69, 9.17) is 9.47 Å². The van der Waals surface area contributed by atoms with Crippen molar-refractivity contribution in [3.63, 3.8) is 0 Å². The van der Waals surface area contributed by atoms with Crippen LogP contribution >= 0.6 is 0 Å². The van der Waals surface area contributed by atoms with Crippen molar-refractivity contribution < 1.29 is 14.6 Å². The topological polar surface area (TPSA) is 62.5 Å². The van der Waals surface area contributed by atoms with Crippen LogP contribution in [0.1, 0.15) is 29.5 Å². The average Bonchev–Trinajstić information content (AvgIpc) is 2.72. The number of fused-ring (bicyclic) bond motifs is 1. The Bertz CT molecular complexity index is 1000. The van der Waals surface area contributed by atoms with Crippen molar-refractivity contribution in [3.05, 3.63) is 77.4 Å². The van der Waals surface area contributed by atoms with E-state index in [1.165, 1.54) is 5.39 Å². The van der Waals surface area contributed by atoms with Crippen LogP contribution in [0.25, 0.3) is 10.8 Å². The standard InChI is InChI=1S/C23H21NO3/c24-15-20-14-21(23(25)9-11-26-12-10-23)7-8-22(20)27-16-17-5-6-18-3-1-2-4-19(18)13-17/h1-8,13-14,25H,9-12,16H2. The van der Waals surface area contributed by atoms with Crippen molar-refractivity contribution in [2.45, 2.75) is 25.0 Å². The molecule has 1 heterocycles. The highest BCUT2D eigenvalue weighted by atomic mass is 16.5. The first-order valence-electron chi connectivity index (χ1n) is 9.13. The van der Waals surface area contributed by atoms with Gasteiger partial charge in [0.2, 0.25) is 0 Å². The highest BCUT2D eigenvalue weighted by molar-refractivity contribution is 5.82. The van der Waals surface area contributed by atoms with Gasteiger partial charge in [0, 0.05) is 26.1 Å². The van der Waals surface area contributed by atoms with Gasteiger partial charge in [0.05, 0.1) is 11.2 Å². The maximum atomic E-state index is 10.8. The Kier molecular flexibility index (Phi) is 4.81. The molecule has 4 heteroatoms. The van der Waals surface area contributed by atoms with Crippen LogP contribution in [0, 0.1) is 11.3 Å². The van der Waals surface area contributed by atoms with Crippen LogP contribution in [0.15, 0.2) is 60.7 Å². The van der Waals surface area contributed by atoms with Crippen molar-refractivity contribution in [1.29, 1.82) is 5.26 Å². The van der Waals surface area contributed by atoms with Crippen LogP contribution in [-0.2, 0) is 16.9 Å². The average molecular weight is 359 g/mol. The first kappa shape index (κ1) is 17.5. The fourth-order valence-corrected chi connectivity index (χ4v) is 3.52. The molecular formula is C23H21NO3. The summed E-state index contributed by atoms with van der Waals surface area (Å²) in [5.41, 5.74) is 1.30. The SMILES string of the molecule is N#Cc1cc(C2(O)CCOCC2)ccc1OCc1ccc2ccccc2c1. The molecule has 0 spiro atoms. The fraction of sp³-hybridized carbons (Fsp3) is 0.261. The summed E-state index contributed by atoms with van der Waals surface area (Å²) in [5, 5.41) is 22.7. The maximum Gasteiger partial charge on any atom is 0.137 e. The fourth-order valence-electron chi connectivity index (χ4n) is 3.52.